The Bertz CT molecular complexity index is 601. The third-order valence-electron chi connectivity index (χ3n) is 3.30. The number of likely N-dealkylation sites (N-methyl/N-ethyl adjacent to an activating group) is 1. The molecule has 0 aliphatic rings. The number of nitrogens with zero attached hydrogens (tertiary/aromatic N) is 3. The van der Waals surface area contributed by atoms with Crippen LogP contribution in [0.2, 0.25) is 0 Å². The Morgan fingerprint density at radius 1 is 1.50 bits per heavy atom. The maximum Gasteiger partial charge on any atom is 0.325 e. The van der Waals surface area contributed by atoms with Gasteiger partial charge in [-0.2, -0.15) is 0 Å². The maximum absolute atomic E-state index is 11.7. The average Bonchev–Trinajstić information content (AvgIpc) is 2.89. The number of fused-ring (bicyclic) bond motifs is 1. The number of rotatable bonds is 6. The average molecular weight is 294 g/mol. The molecule has 2 rings (SSSR count). The van der Waals surface area contributed by atoms with Crippen LogP contribution in [0.4, 0.5) is 0 Å². The lowest BCUT2D eigenvalue weighted by Crippen LogP contribution is -2.48. The van der Waals surface area contributed by atoms with Crippen LogP contribution >= 0.6 is 11.8 Å². The van der Waals surface area contributed by atoms with Gasteiger partial charge in [0, 0.05) is 11.9 Å². The van der Waals surface area contributed by atoms with Crippen LogP contribution in [0.1, 0.15) is 13.3 Å². The standard InChI is InChI=1S/C13H18N4O2S/c1-13(14-2,11(18)19-3)7-9-20-12-16-15-10-6-4-5-8-17(10)12/h4-6,8,14H,7,9H2,1-3H3. The molecule has 0 radical (unpaired) electrons. The van der Waals surface area contributed by atoms with Crippen LogP contribution in [0.3, 0.4) is 0 Å². The molecule has 0 aliphatic carbocycles. The Hall–Kier alpha value is -1.60. The predicted octanol–water partition coefficient (Wildman–Crippen LogP) is 1.36. The quantitative estimate of drug-likeness (QED) is 0.641. The SMILES string of the molecule is CNC(C)(CCSc1nnc2ccccn12)C(=O)OC. The van der Waals surface area contributed by atoms with E-state index in [1.165, 1.54) is 7.11 Å². The van der Waals surface area contributed by atoms with E-state index in [-0.39, 0.29) is 5.97 Å². The van der Waals surface area contributed by atoms with Crippen molar-refractivity contribution in [2.24, 2.45) is 0 Å². The van der Waals surface area contributed by atoms with Crippen molar-refractivity contribution < 1.29 is 9.53 Å². The first-order valence-electron chi connectivity index (χ1n) is 6.30. The second-order valence-electron chi connectivity index (χ2n) is 4.58. The summed E-state index contributed by atoms with van der Waals surface area (Å²) in [5, 5.41) is 12.1. The lowest BCUT2D eigenvalue weighted by Gasteiger charge is -2.25. The number of ether oxygens (including phenoxy) is 1. The second-order valence-corrected chi connectivity index (χ2v) is 5.65. The number of methoxy groups -OCH3 is 1. The van der Waals surface area contributed by atoms with Gasteiger partial charge in [0.2, 0.25) is 0 Å². The minimum Gasteiger partial charge on any atom is -0.468 e. The number of pyridine rings is 1. The van der Waals surface area contributed by atoms with Gasteiger partial charge in [-0.25, -0.2) is 0 Å². The maximum atomic E-state index is 11.7. The number of hydrogen-bond acceptors (Lipinski definition) is 6. The van der Waals surface area contributed by atoms with E-state index in [4.69, 9.17) is 4.74 Å². The Kier molecular flexibility index (Phi) is 4.61. The molecular formula is C13H18N4O2S. The van der Waals surface area contributed by atoms with Crippen molar-refractivity contribution in [2.45, 2.75) is 24.0 Å². The van der Waals surface area contributed by atoms with Gasteiger partial charge in [-0.05, 0) is 32.5 Å². The number of thioether (sulfide) groups is 1. The topological polar surface area (TPSA) is 68.5 Å². The van der Waals surface area contributed by atoms with E-state index in [1.807, 2.05) is 35.7 Å². The van der Waals surface area contributed by atoms with Crippen LogP contribution in [0.25, 0.3) is 5.65 Å². The van der Waals surface area contributed by atoms with Gasteiger partial charge in [0.1, 0.15) is 5.54 Å². The van der Waals surface area contributed by atoms with Gasteiger partial charge < -0.3 is 10.1 Å². The van der Waals surface area contributed by atoms with Gasteiger partial charge in [0.05, 0.1) is 7.11 Å². The van der Waals surface area contributed by atoms with Crippen LogP contribution in [0.15, 0.2) is 29.6 Å². The number of esters is 1. The van der Waals surface area contributed by atoms with Crippen LogP contribution in [0, 0.1) is 0 Å². The molecule has 1 N–H and O–H groups in total. The van der Waals surface area contributed by atoms with Crippen molar-refractivity contribution in [1.82, 2.24) is 19.9 Å². The van der Waals surface area contributed by atoms with Crippen LogP contribution in [-0.2, 0) is 9.53 Å². The van der Waals surface area contributed by atoms with Crippen LogP contribution in [-0.4, -0.2) is 46.0 Å². The van der Waals surface area contributed by atoms with Crippen LogP contribution in [0.5, 0.6) is 0 Å². The van der Waals surface area contributed by atoms with Crippen molar-refractivity contribution >= 4 is 23.4 Å². The smallest absolute Gasteiger partial charge is 0.325 e. The first kappa shape index (κ1) is 14.8. The number of carbonyl (C=O) groups is 1. The Morgan fingerprint density at radius 3 is 3.00 bits per heavy atom. The molecule has 2 heterocycles. The lowest BCUT2D eigenvalue weighted by molar-refractivity contribution is -0.147. The first-order chi connectivity index (χ1) is 9.60. The van der Waals surface area contributed by atoms with E-state index in [2.05, 4.69) is 15.5 Å². The Labute approximate surface area is 121 Å². The number of nitrogens with one attached hydrogen (secondary N) is 1. The van der Waals surface area contributed by atoms with Crippen molar-refractivity contribution in [3.05, 3.63) is 24.4 Å². The largest absolute Gasteiger partial charge is 0.468 e. The molecule has 0 bridgehead atoms. The summed E-state index contributed by atoms with van der Waals surface area (Å²) in [6.45, 7) is 1.83. The fourth-order valence-electron chi connectivity index (χ4n) is 1.82. The molecule has 108 valence electrons. The molecule has 0 aliphatic heterocycles. The zero-order valence-electron chi connectivity index (χ0n) is 11.8. The monoisotopic (exact) mass is 294 g/mol. The molecule has 0 saturated carbocycles. The van der Waals surface area contributed by atoms with E-state index in [9.17, 15) is 4.79 Å². The highest BCUT2D eigenvalue weighted by molar-refractivity contribution is 7.99. The number of aromatic nitrogens is 3. The summed E-state index contributed by atoms with van der Waals surface area (Å²) in [6.07, 6.45) is 2.57. The summed E-state index contributed by atoms with van der Waals surface area (Å²) in [4.78, 5) is 11.7. The third-order valence-corrected chi connectivity index (χ3v) is 4.25. The molecule has 1 atom stereocenters. The highest BCUT2D eigenvalue weighted by Gasteiger charge is 2.32. The molecule has 1 unspecified atom stereocenters. The minimum atomic E-state index is -0.678. The van der Waals surface area contributed by atoms with Gasteiger partial charge in [0.25, 0.3) is 0 Å². The summed E-state index contributed by atoms with van der Waals surface area (Å²) in [7, 11) is 3.16. The fraction of sp³-hybridized carbons (Fsp3) is 0.462. The first-order valence-corrected chi connectivity index (χ1v) is 7.29. The van der Waals surface area contributed by atoms with Gasteiger partial charge in [0.15, 0.2) is 10.8 Å². The molecule has 20 heavy (non-hydrogen) atoms. The summed E-state index contributed by atoms with van der Waals surface area (Å²) < 4.78 is 6.75. The van der Waals surface area contributed by atoms with E-state index in [0.717, 1.165) is 16.6 Å². The zero-order valence-corrected chi connectivity index (χ0v) is 12.6. The second kappa shape index (κ2) is 6.23. The van der Waals surface area contributed by atoms with Crippen molar-refractivity contribution in [1.29, 1.82) is 0 Å². The van der Waals surface area contributed by atoms with E-state index < -0.39 is 5.54 Å². The fourth-order valence-corrected chi connectivity index (χ4v) is 2.90. The van der Waals surface area contributed by atoms with Crippen LogP contribution < -0.4 is 5.32 Å². The lowest BCUT2D eigenvalue weighted by atomic mass is 10.00. The van der Waals surface area contributed by atoms with Crippen molar-refractivity contribution in [2.75, 3.05) is 19.9 Å². The summed E-state index contributed by atoms with van der Waals surface area (Å²) in [5.41, 5.74) is 0.141. The highest BCUT2D eigenvalue weighted by atomic mass is 32.2. The van der Waals surface area contributed by atoms with Gasteiger partial charge in [-0.1, -0.05) is 17.8 Å². The highest BCUT2D eigenvalue weighted by Crippen LogP contribution is 2.21. The van der Waals surface area contributed by atoms with E-state index in [1.54, 1.807) is 18.8 Å². The molecule has 0 amide bonds. The molecule has 0 fully saturated rings. The van der Waals surface area contributed by atoms with Crippen molar-refractivity contribution in [3.63, 3.8) is 0 Å². The summed E-state index contributed by atoms with van der Waals surface area (Å²) >= 11 is 1.57. The molecule has 0 aromatic carbocycles. The summed E-state index contributed by atoms with van der Waals surface area (Å²) in [6, 6.07) is 5.77. The Morgan fingerprint density at radius 2 is 2.30 bits per heavy atom. The van der Waals surface area contributed by atoms with E-state index in [0.29, 0.717) is 6.42 Å². The molecule has 2 aromatic rings. The van der Waals surface area contributed by atoms with Gasteiger partial charge >= 0.3 is 5.97 Å². The molecule has 6 nitrogen and oxygen atoms in total. The minimum absolute atomic E-state index is 0.258. The molecule has 0 spiro atoms. The normalized spacial score (nSPS) is 14.2. The number of carbonyl (C=O) groups excluding carboxylic acids is 1. The van der Waals surface area contributed by atoms with Crippen molar-refractivity contribution in [3.8, 4) is 0 Å². The predicted molar refractivity (Wildman–Crippen MR) is 77.8 cm³/mol. The molecule has 0 saturated heterocycles. The molecule has 7 heteroatoms. The van der Waals surface area contributed by atoms with Gasteiger partial charge in [-0.15, -0.1) is 10.2 Å². The third kappa shape index (κ3) is 2.94. The molecule has 2 aromatic heterocycles. The number of hydrogen-bond donors (Lipinski definition) is 1. The van der Waals surface area contributed by atoms with Gasteiger partial charge in [-0.3, -0.25) is 9.20 Å². The molecular weight excluding hydrogens is 276 g/mol. The van der Waals surface area contributed by atoms with E-state index >= 15 is 0 Å². The Balaban J connectivity index is 2.00. The summed E-state index contributed by atoms with van der Waals surface area (Å²) in [5.74, 6) is 0.481. The zero-order chi connectivity index (χ0) is 14.6.